The van der Waals surface area contributed by atoms with Crippen LogP contribution < -0.4 is 10.1 Å². The van der Waals surface area contributed by atoms with Crippen LogP contribution in [0.1, 0.15) is 57.3 Å². The van der Waals surface area contributed by atoms with Crippen LogP contribution >= 0.6 is 0 Å². The number of aromatic nitrogens is 1. The standard InChI is InChI=1S/C23H19N3O6/c1-12(2)13-8-9-14-18(11-13)32-23(29)15-5-3-7-17(26(30)31)19(15)20(27)22(14,23)25-21(28)16-6-4-10-24-16/h3-12,24,29H,1-2H3,(H,25,28). The molecule has 0 fully saturated rings. The fourth-order valence-electron chi connectivity index (χ4n) is 4.56. The Hall–Kier alpha value is -3.98. The molecule has 1 amide bonds. The van der Waals surface area contributed by atoms with E-state index in [9.17, 15) is 24.8 Å². The first kappa shape index (κ1) is 20.0. The number of benzene rings is 2. The number of nitrogens with one attached hydrogen (secondary N) is 2. The number of Topliss-reactive ketones (excluding diaryl/α,β-unsaturated/α-hetero) is 1. The number of carbonyl (C=O) groups excluding carboxylic acids is 2. The summed E-state index contributed by atoms with van der Waals surface area (Å²) in [5.74, 6) is -3.45. The number of nitro groups is 1. The Labute approximate surface area is 182 Å². The predicted octanol–water partition coefficient (Wildman–Crippen LogP) is 3.11. The molecule has 2 unspecified atom stereocenters. The molecule has 3 aromatic rings. The van der Waals surface area contributed by atoms with Gasteiger partial charge in [0.25, 0.3) is 17.4 Å². The third-order valence-corrected chi connectivity index (χ3v) is 6.16. The number of rotatable bonds is 4. The number of fused-ring (bicyclic) bond motifs is 5. The molecule has 2 heterocycles. The SMILES string of the molecule is CC(C)c1ccc2c(c1)OC1(O)c3cccc([N+](=O)[O-])c3C(=O)C21NC(=O)c1ccc[nH]1. The van der Waals surface area contributed by atoms with Gasteiger partial charge in [-0.05, 0) is 29.7 Å². The first-order chi connectivity index (χ1) is 15.2. The maximum absolute atomic E-state index is 13.8. The van der Waals surface area contributed by atoms with Crippen molar-refractivity contribution in [3.8, 4) is 5.75 Å². The molecule has 0 saturated carbocycles. The van der Waals surface area contributed by atoms with Gasteiger partial charge >= 0.3 is 0 Å². The van der Waals surface area contributed by atoms with E-state index in [2.05, 4.69) is 10.3 Å². The highest BCUT2D eigenvalue weighted by Gasteiger charge is 2.73. The minimum Gasteiger partial charge on any atom is -0.454 e. The van der Waals surface area contributed by atoms with Crippen molar-refractivity contribution in [2.75, 3.05) is 0 Å². The van der Waals surface area contributed by atoms with Crippen molar-refractivity contribution < 1.29 is 24.4 Å². The molecule has 0 radical (unpaired) electrons. The number of H-pyrrole nitrogens is 1. The molecule has 32 heavy (non-hydrogen) atoms. The summed E-state index contributed by atoms with van der Waals surface area (Å²) in [4.78, 5) is 40.6. The highest BCUT2D eigenvalue weighted by molar-refractivity contribution is 6.15. The summed E-state index contributed by atoms with van der Waals surface area (Å²) in [7, 11) is 0. The molecule has 0 saturated heterocycles. The highest BCUT2D eigenvalue weighted by Crippen LogP contribution is 2.59. The van der Waals surface area contributed by atoms with Gasteiger partial charge in [0.05, 0.1) is 4.92 Å². The average Bonchev–Trinajstić information content (AvgIpc) is 3.42. The van der Waals surface area contributed by atoms with E-state index in [4.69, 9.17) is 4.74 Å². The van der Waals surface area contributed by atoms with Crippen LogP contribution in [0.15, 0.2) is 54.7 Å². The van der Waals surface area contributed by atoms with Crippen LogP contribution in [0.2, 0.25) is 0 Å². The van der Waals surface area contributed by atoms with Crippen LogP contribution in [0.3, 0.4) is 0 Å². The van der Waals surface area contributed by atoms with Gasteiger partial charge in [0.15, 0.2) is 0 Å². The monoisotopic (exact) mass is 433 g/mol. The van der Waals surface area contributed by atoms with Crippen molar-refractivity contribution in [1.82, 2.24) is 10.3 Å². The maximum atomic E-state index is 13.8. The summed E-state index contributed by atoms with van der Waals surface area (Å²) in [6, 6.07) is 12.2. The second kappa shape index (κ2) is 6.51. The lowest BCUT2D eigenvalue weighted by Crippen LogP contribution is -2.60. The van der Waals surface area contributed by atoms with E-state index < -0.39 is 33.6 Å². The summed E-state index contributed by atoms with van der Waals surface area (Å²) in [5.41, 5.74) is -1.60. The van der Waals surface area contributed by atoms with Crippen molar-refractivity contribution in [2.45, 2.75) is 31.1 Å². The molecule has 1 aliphatic carbocycles. The molecule has 9 heteroatoms. The molecule has 0 bridgehead atoms. The molecular weight excluding hydrogens is 414 g/mol. The lowest BCUT2D eigenvalue weighted by Gasteiger charge is -2.34. The number of aliphatic hydroxyl groups is 1. The Morgan fingerprint density at radius 3 is 2.62 bits per heavy atom. The number of ketones is 1. The molecule has 2 aromatic carbocycles. The van der Waals surface area contributed by atoms with Gasteiger partial charge in [0.2, 0.25) is 11.3 Å². The van der Waals surface area contributed by atoms with Crippen molar-refractivity contribution >= 4 is 17.4 Å². The first-order valence-electron chi connectivity index (χ1n) is 10.0. The van der Waals surface area contributed by atoms with E-state index in [0.717, 1.165) is 5.56 Å². The molecule has 0 spiro atoms. The third kappa shape index (κ3) is 2.36. The van der Waals surface area contributed by atoms with E-state index in [0.29, 0.717) is 0 Å². The summed E-state index contributed by atoms with van der Waals surface area (Å²) < 4.78 is 5.95. The topological polar surface area (TPSA) is 135 Å². The predicted molar refractivity (Wildman–Crippen MR) is 112 cm³/mol. The van der Waals surface area contributed by atoms with Crippen LogP contribution in [0.4, 0.5) is 5.69 Å². The maximum Gasteiger partial charge on any atom is 0.280 e. The summed E-state index contributed by atoms with van der Waals surface area (Å²) in [6.45, 7) is 3.97. The van der Waals surface area contributed by atoms with Crippen molar-refractivity contribution in [2.24, 2.45) is 0 Å². The van der Waals surface area contributed by atoms with E-state index in [1.807, 2.05) is 13.8 Å². The number of hydrogen-bond donors (Lipinski definition) is 3. The zero-order valence-corrected chi connectivity index (χ0v) is 17.2. The quantitative estimate of drug-likeness (QED) is 0.427. The van der Waals surface area contributed by atoms with Crippen molar-refractivity contribution in [3.05, 3.63) is 92.8 Å². The largest absolute Gasteiger partial charge is 0.454 e. The van der Waals surface area contributed by atoms with Crippen LogP contribution in [0, 0.1) is 10.1 Å². The Morgan fingerprint density at radius 1 is 1.19 bits per heavy atom. The van der Waals surface area contributed by atoms with E-state index in [1.54, 1.807) is 30.5 Å². The summed E-state index contributed by atoms with van der Waals surface area (Å²) >= 11 is 0. The molecule has 9 nitrogen and oxygen atoms in total. The van der Waals surface area contributed by atoms with Gasteiger partial charge in [-0.1, -0.05) is 38.1 Å². The number of aromatic amines is 1. The lowest BCUT2D eigenvalue weighted by atomic mass is 9.82. The number of carbonyl (C=O) groups is 2. The van der Waals surface area contributed by atoms with Gasteiger partial charge < -0.3 is 20.1 Å². The van der Waals surface area contributed by atoms with Gasteiger partial charge in [-0.3, -0.25) is 19.7 Å². The minimum atomic E-state index is -2.36. The summed E-state index contributed by atoms with van der Waals surface area (Å²) in [6.07, 6.45) is 1.54. The molecule has 1 aliphatic heterocycles. The average molecular weight is 433 g/mol. The second-order valence-electron chi connectivity index (χ2n) is 8.23. The van der Waals surface area contributed by atoms with Gasteiger partial charge in [0.1, 0.15) is 17.0 Å². The molecule has 2 atom stereocenters. The third-order valence-electron chi connectivity index (χ3n) is 6.16. The van der Waals surface area contributed by atoms with Crippen molar-refractivity contribution in [3.63, 3.8) is 0 Å². The zero-order chi connectivity index (χ0) is 22.8. The normalized spacial score (nSPS) is 22.8. The van der Waals surface area contributed by atoms with Gasteiger partial charge in [-0.15, -0.1) is 0 Å². The van der Waals surface area contributed by atoms with E-state index in [1.165, 1.54) is 24.3 Å². The van der Waals surface area contributed by atoms with Crippen LogP contribution in [-0.2, 0) is 11.3 Å². The molecule has 3 N–H and O–H groups in total. The minimum absolute atomic E-state index is 0.0641. The molecule has 1 aromatic heterocycles. The lowest BCUT2D eigenvalue weighted by molar-refractivity contribution is -0.385. The number of hydrogen-bond acceptors (Lipinski definition) is 6. The zero-order valence-electron chi connectivity index (χ0n) is 17.2. The van der Waals surface area contributed by atoms with Crippen LogP contribution in [-0.4, -0.2) is 26.7 Å². The summed E-state index contributed by atoms with van der Waals surface area (Å²) in [5, 5.41) is 26.1. The van der Waals surface area contributed by atoms with Gasteiger partial charge in [0, 0.05) is 23.4 Å². The Bertz CT molecular complexity index is 1300. The van der Waals surface area contributed by atoms with E-state index in [-0.39, 0.29) is 34.1 Å². The number of nitro benzene ring substituents is 1. The Kier molecular flexibility index (Phi) is 4.06. The second-order valence-corrected chi connectivity index (χ2v) is 8.23. The molecule has 162 valence electrons. The van der Waals surface area contributed by atoms with Crippen molar-refractivity contribution in [1.29, 1.82) is 0 Å². The Balaban J connectivity index is 1.77. The molecular formula is C23H19N3O6. The molecule has 5 rings (SSSR count). The first-order valence-corrected chi connectivity index (χ1v) is 10.0. The highest BCUT2D eigenvalue weighted by atomic mass is 16.6. The van der Waals surface area contributed by atoms with Gasteiger partial charge in [-0.2, -0.15) is 0 Å². The number of amides is 1. The number of ether oxygens (including phenoxy) is 1. The van der Waals surface area contributed by atoms with Crippen LogP contribution in [0.25, 0.3) is 0 Å². The fourth-order valence-corrected chi connectivity index (χ4v) is 4.56. The van der Waals surface area contributed by atoms with E-state index >= 15 is 0 Å². The molecule has 2 aliphatic rings. The Morgan fingerprint density at radius 2 is 1.97 bits per heavy atom. The fraction of sp³-hybridized carbons (Fsp3) is 0.217. The smallest absolute Gasteiger partial charge is 0.280 e. The van der Waals surface area contributed by atoms with Crippen LogP contribution in [0.5, 0.6) is 5.75 Å². The number of nitrogens with zero attached hydrogens (tertiary/aromatic N) is 1. The van der Waals surface area contributed by atoms with Gasteiger partial charge in [-0.25, -0.2) is 0 Å².